The second-order valence-electron chi connectivity index (χ2n) is 3.37. The summed E-state index contributed by atoms with van der Waals surface area (Å²) in [6.07, 6.45) is 0.722. The van der Waals surface area contributed by atoms with Crippen LogP contribution < -0.4 is 5.73 Å². The maximum atomic E-state index is 10.3. The van der Waals surface area contributed by atoms with Crippen molar-refractivity contribution in [3.63, 3.8) is 0 Å². The summed E-state index contributed by atoms with van der Waals surface area (Å²) in [7, 11) is 0. The largest absolute Gasteiger partial charge is 0.379 e. The van der Waals surface area contributed by atoms with Crippen molar-refractivity contribution in [2.75, 3.05) is 12.3 Å². The van der Waals surface area contributed by atoms with Gasteiger partial charge in [-0.05, 0) is 12.8 Å². The third kappa shape index (κ3) is 9.40. The molecule has 1 aliphatic heterocycles. The van der Waals surface area contributed by atoms with Crippen LogP contribution in [0.3, 0.4) is 0 Å². The van der Waals surface area contributed by atoms with E-state index in [9.17, 15) is 4.79 Å². The number of aliphatic imine (C=N–C) groups is 1. The number of hydrogen-bond donors (Lipinski definition) is 1. The van der Waals surface area contributed by atoms with Crippen molar-refractivity contribution in [3.05, 3.63) is 0 Å². The molecule has 3 nitrogen and oxygen atoms in total. The number of rotatable bonds is 2. The Bertz CT molecular complexity index is 190. The molecule has 0 spiro atoms. The zero-order valence-corrected chi connectivity index (χ0v) is 9.36. The Morgan fingerprint density at radius 2 is 2.31 bits per heavy atom. The van der Waals surface area contributed by atoms with E-state index in [-0.39, 0.29) is 5.78 Å². The van der Waals surface area contributed by atoms with Crippen molar-refractivity contribution in [1.82, 2.24) is 0 Å². The zero-order valence-electron chi connectivity index (χ0n) is 8.54. The summed E-state index contributed by atoms with van der Waals surface area (Å²) < 4.78 is 0. The topological polar surface area (TPSA) is 55.5 Å². The van der Waals surface area contributed by atoms with Gasteiger partial charge in [0.25, 0.3) is 0 Å². The lowest BCUT2D eigenvalue weighted by Crippen LogP contribution is -2.00. The summed E-state index contributed by atoms with van der Waals surface area (Å²) in [6.45, 7) is 6.62. The van der Waals surface area contributed by atoms with Crippen LogP contribution in [0.25, 0.3) is 0 Å². The molecule has 1 aliphatic rings. The average molecular weight is 202 g/mol. The standard InChI is InChI=1S/C6H12O.C3H6N2S/c1-5(2)4-6(3)7;4-3-5-1-2-6-3/h5H,4H2,1-3H3;1-2H2,(H2,4,5). The summed E-state index contributed by atoms with van der Waals surface area (Å²) in [4.78, 5) is 14.1. The molecule has 0 saturated carbocycles. The van der Waals surface area contributed by atoms with Crippen molar-refractivity contribution in [2.24, 2.45) is 16.6 Å². The lowest BCUT2D eigenvalue weighted by atomic mass is 10.1. The van der Waals surface area contributed by atoms with E-state index in [4.69, 9.17) is 5.73 Å². The molecular weight excluding hydrogens is 184 g/mol. The minimum atomic E-state index is 0.287. The van der Waals surface area contributed by atoms with E-state index in [1.807, 2.05) is 13.8 Å². The first-order valence-corrected chi connectivity index (χ1v) is 5.43. The Morgan fingerprint density at radius 3 is 2.38 bits per heavy atom. The van der Waals surface area contributed by atoms with E-state index >= 15 is 0 Å². The highest BCUT2D eigenvalue weighted by Gasteiger charge is 1.98. The third-order valence-electron chi connectivity index (χ3n) is 1.30. The molecule has 13 heavy (non-hydrogen) atoms. The molecule has 4 heteroatoms. The number of nitrogens with two attached hydrogens (primary N) is 1. The summed E-state index contributed by atoms with van der Waals surface area (Å²) in [6, 6.07) is 0. The summed E-state index contributed by atoms with van der Waals surface area (Å²) >= 11 is 1.62. The number of amidine groups is 1. The Morgan fingerprint density at radius 1 is 1.69 bits per heavy atom. The average Bonchev–Trinajstić information content (AvgIpc) is 2.37. The van der Waals surface area contributed by atoms with Crippen LogP contribution in [0.1, 0.15) is 27.2 Å². The molecule has 0 fully saturated rings. The van der Waals surface area contributed by atoms with Crippen LogP contribution in [0.4, 0.5) is 0 Å². The van der Waals surface area contributed by atoms with Gasteiger partial charge in [0, 0.05) is 12.2 Å². The molecule has 0 unspecified atom stereocenters. The first kappa shape index (κ1) is 12.5. The second kappa shape index (κ2) is 6.95. The maximum Gasteiger partial charge on any atom is 0.153 e. The molecular formula is C9H18N2OS. The van der Waals surface area contributed by atoms with E-state index in [0.717, 1.165) is 23.9 Å². The fraction of sp³-hybridized carbons (Fsp3) is 0.778. The number of carbonyl (C=O) groups excluding carboxylic acids is 1. The monoisotopic (exact) mass is 202 g/mol. The lowest BCUT2D eigenvalue weighted by Gasteiger charge is -1.95. The first-order valence-electron chi connectivity index (χ1n) is 4.44. The molecule has 0 aromatic carbocycles. The Hall–Kier alpha value is -0.510. The highest BCUT2D eigenvalue weighted by Crippen LogP contribution is 2.05. The molecule has 76 valence electrons. The van der Waals surface area contributed by atoms with Gasteiger partial charge in [-0.2, -0.15) is 0 Å². The van der Waals surface area contributed by atoms with Gasteiger partial charge in [0.1, 0.15) is 5.78 Å². The molecule has 0 bridgehead atoms. The maximum absolute atomic E-state index is 10.3. The summed E-state index contributed by atoms with van der Waals surface area (Å²) in [5.74, 6) is 1.89. The zero-order chi connectivity index (χ0) is 10.3. The molecule has 0 saturated heterocycles. The van der Waals surface area contributed by atoms with Crippen LogP contribution in [0, 0.1) is 5.92 Å². The molecule has 2 N–H and O–H groups in total. The molecule has 1 heterocycles. The Kier molecular flexibility index (Phi) is 6.68. The smallest absolute Gasteiger partial charge is 0.153 e. The molecule has 0 aliphatic carbocycles. The molecule has 0 amide bonds. The van der Waals surface area contributed by atoms with Crippen LogP contribution >= 0.6 is 11.8 Å². The lowest BCUT2D eigenvalue weighted by molar-refractivity contribution is -0.117. The first-order chi connectivity index (χ1) is 6.02. The fourth-order valence-corrected chi connectivity index (χ4v) is 1.50. The van der Waals surface area contributed by atoms with Crippen LogP contribution in [-0.2, 0) is 4.79 Å². The predicted molar refractivity (Wildman–Crippen MR) is 59.1 cm³/mol. The molecule has 0 aromatic heterocycles. The van der Waals surface area contributed by atoms with Gasteiger partial charge in [0.15, 0.2) is 5.17 Å². The van der Waals surface area contributed by atoms with Gasteiger partial charge < -0.3 is 10.5 Å². The number of hydrogen-bond acceptors (Lipinski definition) is 4. The van der Waals surface area contributed by atoms with Gasteiger partial charge in [-0.3, -0.25) is 4.99 Å². The van der Waals surface area contributed by atoms with Crippen LogP contribution in [0.2, 0.25) is 0 Å². The van der Waals surface area contributed by atoms with E-state index < -0.39 is 0 Å². The van der Waals surface area contributed by atoms with Crippen LogP contribution in [0.15, 0.2) is 4.99 Å². The van der Waals surface area contributed by atoms with Crippen molar-refractivity contribution in [1.29, 1.82) is 0 Å². The normalized spacial score (nSPS) is 14.9. The van der Waals surface area contributed by atoms with E-state index in [1.54, 1.807) is 18.7 Å². The van der Waals surface area contributed by atoms with Gasteiger partial charge in [-0.1, -0.05) is 25.6 Å². The highest BCUT2D eigenvalue weighted by atomic mass is 32.2. The number of nitrogens with zero attached hydrogens (tertiary/aromatic N) is 1. The molecule has 0 atom stereocenters. The minimum Gasteiger partial charge on any atom is -0.379 e. The van der Waals surface area contributed by atoms with Gasteiger partial charge >= 0.3 is 0 Å². The van der Waals surface area contributed by atoms with Crippen LogP contribution in [-0.4, -0.2) is 23.2 Å². The van der Waals surface area contributed by atoms with Crippen molar-refractivity contribution < 1.29 is 4.79 Å². The number of carbonyl (C=O) groups is 1. The van der Waals surface area contributed by atoms with Crippen molar-refractivity contribution in [3.8, 4) is 0 Å². The van der Waals surface area contributed by atoms with Crippen molar-refractivity contribution >= 4 is 22.7 Å². The molecule has 0 aromatic rings. The predicted octanol–water partition coefficient (Wildman–Crippen LogP) is 1.67. The Balaban J connectivity index is 0.000000223. The van der Waals surface area contributed by atoms with E-state index in [2.05, 4.69) is 4.99 Å². The van der Waals surface area contributed by atoms with E-state index in [1.165, 1.54) is 0 Å². The van der Waals surface area contributed by atoms with Crippen LogP contribution in [0.5, 0.6) is 0 Å². The SMILES string of the molecule is CC(=O)CC(C)C.NC1=NCCS1. The Labute approximate surface area is 84.2 Å². The number of ketones is 1. The highest BCUT2D eigenvalue weighted by molar-refractivity contribution is 8.14. The molecule has 0 radical (unpaired) electrons. The van der Waals surface area contributed by atoms with Gasteiger partial charge in [0.05, 0.1) is 6.54 Å². The third-order valence-corrected chi connectivity index (χ3v) is 2.12. The number of Topliss-reactive ketones (excluding diaryl/α,β-unsaturated/α-hetero) is 1. The summed E-state index contributed by atoms with van der Waals surface area (Å²) in [5.41, 5.74) is 5.25. The second-order valence-corrected chi connectivity index (χ2v) is 4.48. The van der Waals surface area contributed by atoms with Gasteiger partial charge in [-0.15, -0.1) is 0 Å². The van der Waals surface area contributed by atoms with Gasteiger partial charge in [-0.25, -0.2) is 0 Å². The van der Waals surface area contributed by atoms with Crippen molar-refractivity contribution in [2.45, 2.75) is 27.2 Å². The van der Waals surface area contributed by atoms with Gasteiger partial charge in [0.2, 0.25) is 0 Å². The van der Waals surface area contributed by atoms with E-state index in [0.29, 0.717) is 5.92 Å². The fourth-order valence-electron chi connectivity index (χ4n) is 0.927. The summed E-state index contributed by atoms with van der Waals surface area (Å²) in [5, 5.41) is 0.745. The number of thioether (sulfide) groups is 1. The minimum absolute atomic E-state index is 0.287. The quantitative estimate of drug-likeness (QED) is 0.741. The molecule has 1 rings (SSSR count).